The lowest BCUT2D eigenvalue weighted by Crippen LogP contribution is -1.92. The fraction of sp³-hybridized carbons (Fsp3) is 0.500. The Balaban J connectivity index is 0.000000581. The first-order valence-electron chi connectivity index (χ1n) is 6.72. The van der Waals surface area contributed by atoms with Crippen LogP contribution in [0.1, 0.15) is 47.1 Å². The highest BCUT2D eigenvalue weighted by Crippen LogP contribution is 2.22. The lowest BCUT2D eigenvalue weighted by Gasteiger charge is -2.04. The summed E-state index contributed by atoms with van der Waals surface area (Å²) >= 11 is 1.81. The molecule has 1 heteroatoms. The van der Waals surface area contributed by atoms with Crippen LogP contribution < -0.4 is 0 Å². The maximum atomic E-state index is 2.31. The maximum Gasteiger partial charge on any atom is 0.0342 e. The standard InChI is InChI=1S/C12H14S.2C2H6/c1-9(2)7-10-3-4-12-11(8-10)5-6-13-12;2*1-2/h3-6,8-9H,7H2,1-2H3;2*1-2H3. The molecule has 0 radical (unpaired) electrons. The predicted octanol–water partition coefficient (Wildman–Crippen LogP) is 6.15. The molecule has 96 valence electrons. The normalized spacial score (nSPS) is 9.35. The minimum atomic E-state index is 0.746. The third-order valence-electron chi connectivity index (χ3n) is 2.16. The van der Waals surface area contributed by atoms with Gasteiger partial charge in [-0.3, -0.25) is 0 Å². The number of hydrogen-bond donors (Lipinski definition) is 0. The second-order valence-corrected chi connectivity index (χ2v) is 4.84. The average Bonchev–Trinajstić information content (AvgIpc) is 2.81. The Bertz CT molecular complexity index is 399. The van der Waals surface area contributed by atoms with Gasteiger partial charge in [-0.2, -0.15) is 0 Å². The summed E-state index contributed by atoms with van der Waals surface area (Å²) in [5, 5.41) is 3.55. The van der Waals surface area contributed by atoms with Crippen molar-refractivity contribution >= 4 is 21.4 Å². The number of benzene rings is 1. The third kappa shape index (κ3) is 5.36. The Morgan fingerprint density at radius 3 is 2.24 bits per heavy atom. The van der Waals surface area contributed by atoms with Crippen molar-refractivity contribution in [2.45, 2.75) is 48.0 Å². The SMILES string of the molecule is CC.CC.CC(C)Cc1ccc2sccc2c1. The van der Waals surface area contributed by atoms with Gasteiger partial charge in [0.1, 0.15) is 0 Å². The van der Waals surface area contributed by atoms with Crippen LogP contribution in [-0.4, -0.2) is 0 Å². The van der Waals surface area contributed by atoms with Crippen LogP contribution in [0.5, 0.6) is 0 Å². The van der Waals surface area contributed by atoms with Crippen LogP contribution in [0.4, 0.5) is 0 Å². The molecule has 0 bridgehead atoms. The van der Waals surface area contributed by atoms with Gasteiger partial charge in [-0.05, 0) is 40.8 Å². The van der Waals surface area contributed by atoms with Crippen LogP contribution >= 0.6 is 11.3 Å². The highest BCUT2D eigenvalue weighted by molar-refractivity contribution is 7.17. The maximum absolute atomic E-state index is 2.31. The molecule has 1 heterocycles. The third-order valence-corrected chi connectivity index (χ3v) is 3.06. The summed E-state index contributed by atoms with van der Waals surface area (Å²) in [7, 11) is 0. The van der Waals surface area contributed by atoms with Crippen molar-refractivity contribution in [2.24, 2.45) is 5.92 Å². The molecule has 1 aromatic heterocycles. The van der Waals surface area contributed by atoms with E-state index >= 15 is 0 Å². The van der Waals surface area contributed by atoms with Gasteiger partial charge in [-0.1, -0.05) is 53.7 Å². The fourth-order valence-electron chi connectivity index (χ4n) is 1.61. The first kappa shape index (κ1) is 16.2. The lowest BCUT2D eigenvalue weighted by molar-refractivity contribution is 0.648. The Morgan fingerprint density at radius 2 is 1.65 bits per heavy atom. The van der Waals surface area contributed by atoms with Gasteiger partial charge in [0.05, 0.1) is 0 Å². The Kier molecular flexibility index (Phi) is 8.79. The molecule has 2 aromatic rings. The van der Waals surface area contributed by atoms with E-state index < -0.39 is 0 Å². The van der Waals surface area contributed by atoms with E-state index in [1.807, 2.05) is 39.0 Å². The van der Waals surface area contributed by atoms with E-state index in [4.69, 9.17) is 0 Å². The largest absolute Gasteiger partial charge is 0.144 e. The quantitative estimate of drug-likeness (QED) is 0.599. The second-order valence-electron chi connectivity index (χ2n) is 3.89. The van der Waals surface area contributed by atoms with E-state index in [1.165, 1.54) is 22.1 Å². The molecule has 17 heavy (non-hydrogen) atoms. The van der Waals surface area contributed by atoms with Crippen molar-refractivity contribution in [3.63, 3.8) is 0 Å². The van der Waals surface area contributed by atoms with Crippen molar-refractivity contribution < 1.29 is 0 Å². The molecular weight excluding hydrogens is 224 g/mol. The van der Waals surface area contributed by atoms with E-state index in [0.29, 0.717) is 0 Å². The molecule has 2 rings (SSSR count). The van der Waals surface area contributed by atoms with Gasteiger partial charge in [-0.15, -0.1) is 11.3 Å². The molecule has 0 saturated heterocycles. The number of rotatable bonds is 2. The molecule has 0 atom stereocenters. The average molecular weight is 250 g/mol. The smallest absolute Gasteiger partial charge is 0.0342 e. The summed E-state index contributed by atoms with van der Waals surface area (Å²) in [4.78, 5) is 0. The van der Waals surface area contributed by atoms with Crippen LogP contribution in [0.3, 0.4) is 0 Å². The summed E-state index contributed by atoms with van der Waals surface area (Å²) < 4.78 is 1.40. The van der Waals surface area contributed by atoms with Crippen LogP contribution in [0.15, 0.2) is 29.6 Å². The van der Waals surface area contributed by atoms with E-state index in [1.54, 1.807) is 0 Å². The molecule has 0 fully saturated rings. The van der Waals surface area contributed by atoms with E-state index in [2.05, 4.69) is 43.5 Å². The van der Waals surface area contributed by atoms with Crippen LogP contribution in [0.2, 0.25) is 0 Å². The van der Waals surface area contributed by atoms with E-state index in [-0.39, 0.29) is 0 Å². The monoisotopic (exact) mass is 250 g/mol. The Hall–Kier alpha value is -0.820. The van der Waals surface area contributed by atoms with Gasteiger partial charge in [-0.25, -0.2) is 0 Å². The zero-order chi connectivity index (χ0) is 13.3. The van der Waals surface area contributed by atoms with Crippen molar-refractivity contribution in [3.05, 3.63) is 35.2 Å². The van der Waals surface area contributed by atoms with Crippen LogP contribution in [-0.2, 0) is 6.42 Å². The molecule has 0 nitrogen and oxygen atoms in total. The molecule has 0 aliphatic rings. The second kappa shape index (κ2) is 9.23. The molecule has 0 aliphatic carbocycles. The summed E-state index contributed by atoms with van der Waals surface area (Å²) in [6.07, 6.45) is 1.19. The molecular formula is C16H26S. The zero-order valence-electron chi connectivity index (χ0n) is 12.1. The van der Waals surface area contributed by atoms with Gasteiger partial charge < -0.3 is 0 Å². The number of fused-ring (bicyclic) bond motifs is 1. The van der Waals surface area contributed by atoms with Crippen molar-refractivity contribution in [2.75, 3.05) is 0 Å². The van der Waals surface area contributed by atoms with Crippen molar-refractivity contribution in [1.82, 2.24) is 0 Å². The van der Waals surface area contributed by atoms with Crippen molar-refractivity contribution in [3.8, 4) is 0 Å². The van der Waals surface area contributed by atoms with Gasteiger partial charge >= 0.3 is 0 Å². The fourth-order valence-corrected chi connectivity index (χ4v) is 2.39. The summed E-state index contributed by atoms with van der Waals surface area (Å²) in [6, 6.07) is 8.99. The highest BCUT2D eigenvalue weighted by atomic mass is 32.1. The molecule has 0 unspecified atom stereocenters. The van der Waals surface area contributed by atoms with Gasteiger partial charge in [0.15, 0.2) is 0 Å². The van der Waals surface area contributed by atoms with Crippen molar-refractivity contribution in [1.29, 1.82) is 0 Å². The van der Waals surface area contributed by atoms with Crippen LogP contribution in [0, 0.1) is 5.92 Å². The topological polar surface area (TPSA) is 0 Å². The molecule has 0 saturated carbocycles. The van der Waals surface area contributed by atoms with Crippen LogP contribution in [0.25, 0.3) is 10.1 Å². The highest BCUT2D eigenvalue weighted by Gasteiger charge is 1.99. The van der Waals surface area contributed by atoms with Gasteiger partial charge in [0, 0.05) is 4.70 Å². The Labute approximate surface area is 111 Å². The minimum Gasteiger partial charge on any atom is -0.144 e. The van der Waals surface area contributed by atoms with E-state index in [0.717, 1.165) is 5.92 Å². The number of hydrogen-bond acceptors (Lipinski definition) is 1. The first-order chi connectivity index (χ1) is 8.25. The minimum absolute atomic E-state index is 0.746. The summed E-state index contributed by atoms with van der Waals surface area (Å²) in [5.74, 6) is 0.746. The molecule has 0 aliphatic heterocycles. The molecule has 0 N–H and O–H groups in total. The molecule has 1 aromatic carbocycles. The predicted molar refractivity (Wildman–Crippen MR) is 83.1 cm³/mol. The molecule has 0 spiro atoms. The lowest BCUT2D eigenvalue weighted by atomic mass is 10.0. The summed E-state index contributed by atoms with van der Waals surface area (Å²) in [6.45, 7) is 12.5. The molecule has 0 amide bonds. The Morgan fingerprint density at radius 1 is 1.00 bits per heavy atom. The first-order valence-corrected chi connectivity index (χ1v) is 7.60. The summed E-state index contributed by atoms with van der Waals surface area (Å²) in [5.41, 5.74) is 1.46. The zero-order valence-corrected chi connectivity index (χ0v) is 12.9. The van der Waals surface area contributed by atoms with Gasteiger partial charge in [0.2, 0.25) is 0 Å². The van der Waals surface area contributed by atoms with Gasteiger partial charge in [0.25, 0.3) is 0 Å². The van der Waals surface area contributed by atoms with E-state index in [9.17, 15) is 0 Å². The number of thiophene rings is 1.